The van der Waals surface area contributed by atoms with Crippen LogP contribution in [0.2, 0.25) is 0 Å². The van der Waals surface area contributed by atoms with Crippen LogP contribution in [0.15, 0.2) is 212 Å². The normalized spacial score (nSPS) is 11.5. The Hall–Kier alpha value is -7.55. The van der Waals surface area contributed by atoms with Crippen LogP contribution in [0.3, 0.4) is 0 Å². The van der Waals surface area contributed by atoms with E-state index in [0.717, 1.165) is 29.0 Å². The molecule has 0 N–H and O–H groups in total. The Morgan fingerprint density at radius 1 is 0.356 bits per heavy atom. The zero-order valence-corrected chi connectivity index (χ0v) is 32.8. The standard InChI is InChI=1S/C57H40N2/c1-2-55-58-52-28-16-17-29-54(52)59(55)53-33-32-49(45-24-12-13-25-46(45)53)57-48-27-15-14-26-47(48)56(50-31-30-41(37-51(50)57)38-18-6-3-7-19-38)44-35-42(39-20-8-4-9-21-39)34-43(36-44)40-22-10-5-11-23-40/h3-37H,2H2,1H3. The van der Waals surface area contributed by atoms with Crippen molar-refractivity contribution < 1.29 is 0 Å². The molecule has 1 aromatic heterocycles. The number of nitrogens with zero attached hydrogens (tertiary/aromatic N) is 2. The molecule has 2 heteroatoms. The van der Waals surface area contributed by atoms with Crippen molar-refractivity contribution in [2.45, 2.75) is 13.3 Å². The van der Waals surface area contributed by atoms with Crippen LogP contribution in [0.4, 0.5) is 0 Å². The SMILES string of the molecule is CCc1nc2ccccc2n1-c1ccc(-c2c3ccccc3c(-c3cc(-c4ccccc4)cc(-c4ccccc4)c3)c3ccc(-c4ccccc4)cc23)c2ccccc12. The first-order chi connectivity index (χ1) is 29.2. The third-order valence-corrected chi connectivity index (χ3v) is 11.9. The molecule has 11 rings (SSSR count). The number of rotatable bonds is 7. The lowest BCUT2D eigenvalue weighted by Crippen LogP contribution is -2.01. The van der Waals surface area contributed by atoms with E-state index in [9.17, 15) is 0 Å². The van der Waals surface area contributed by atoms with Crippen molar-refractivity contribution in [2.75, 3.05) is 0 Å². The highest BCUT2D eigenvalue weighted by molar-refractivity contribution is 6.24. The van der Waals surface area contributed by atoms with Gasteiger partial charge in [0.05, 0.1) is 16.7 Å². The predicted octanol–water partition coefficient (Wildman–Crippen LogP) is 15.4. The van der Waals surface area contributed by atoms with Gasteiger partial charge in [-0.15, -0.1) is 0 Å². The lowest BCUT2D eigenvalue weighted by Gasteiger charge is -2.21. The lowest BCUT2D eigenvalue weighted by molar-refractivity contribution is 0.913. The Kier molecular flexibility index (Phi) is 8.48. The molecule has 0 amide bonds. The summed E-state index contributed by atoms with van der Waals surface area (Å²) in [6.07, 6.45) is 0.835. The van der Waals surface area contributed by atoms with Gasteiger partial charge >= 0.3 is 0 Å². The van der Waals surface area contributed by atoms with Gasteiger partial charge in [-0.2, -0.15) is 0 Å². The summed E-state index contributed by atoms with van der Waals surface area (Å²) in [4.78, 5) is 5.07. The monoisotopic (exact) mass is 752 g/mol. The molecule has 1 heterocycles. The van der Waals surface area contributed by atoms with Gasteiger partial charge in [0, 0.05) is 11.8 Å². The van der Waals surface area contributed by atoms with Crippen LogP contribution in [0.25, 0.3) is 105 Å². The zero-order valence-electron chi connectivity index (χ0n) is 32.8. The van der Waals surface area contributed by atoms with Crippen molar-refractivity contribution >= 4 is 43.4 Å². The number of aromatic nitrogens is 2. The molecule has 0 bridgehead atoms. The van der Waals surface area contributed by atoms with E-state index < -0.39 is 0 Å². The first kappa shape index (κ1) is 34.7. The number of para-hydroxylation sites is 2. The summed E-state index contributed by atoms with van der Waals surface area (Å²) in [5.74, 6) is 1.06. The maximum Gasteiger partial charge on any atom is 0.114 e. The van der Waals surface area contributed by atoms with Crippen molar-refractivity contribution in [3.8, 4) is 61.3 Å². The van der Waals surface area contributed by atoms with Crippen molar-refractivity contribution in [3.05, 3.63) is 218 Å². The quantitative estimate of drug-likeness (QED) is 0.148. The highest BCUT2D eigenvalue weighted by Gasteiger charge is 2.22. The first-order valence-corrected chi connectivity index (χ1v) is 20.5. The molecule has 59 heavy (non-hydrogen) atoms. The van der Waals surface area contributed by atoms with E-state index in [2.05, 4.69) is 224 Å². The molecule has 0 radical (unpaired) electrons. The molecule has 0 saturated carbocycles. The molecular formula is C57H40N2. The minimum absolute atomic E-state index is 0.835. The highest BCUT2D eigenvalue weighted by atomic mass is 15.1. The van der Waals surface area contributed by atoms with Gasteiger partial charge < -0.3 is 0 Å². The third-order valence-electron chi connectivity index (χ3n) is 11.9. The Morgan fingerprint density at radius 2 is 0.864 bits per heavy atom. The second kappa shape index (κ2) is 14.4. The van der Waals surface area contributed by atoms with Crippen LogP contribution in [-0.4, -0.2) is 9.55 Å². The van der Waals surface area contributed by atoms with Crippen molar-refractivity contribution in [2.24, 2.45) is 0 Å². The average Bonchev–Trinajstić information content (AvgIpc) is 3.69. The van der Waals surface area contributed by atoms with E-state index in [1.165, 1.54) is 88.0 Å². The molecule has 2 nitrogen and oxygen atoms in total. The molecule has 0 saturated heterocycles. The van der Waals surface area contributed by atoms with Gasteiger partial charge in [-0.05, 0) is 125 Å². The summed E-state index contributed by atoms with van der Waals surface area (Å²) in [5.41, 5.74) is 15.4. The zero-order chi connectivity index (χ0) is 39.3. The molecule has 0 fully saturated rings. The van der Waals surface area contributed by atoms with Crippen LogP contribution in [0.1, 0.15) is 12.7 Å². The number of fused-ring (bicyclic) bond motifs is 4. The van der Waals surface area contributed by atoms with Crippen LogP contribution in [-0.2, 0) is 6.42 Å². The lowest BCUT2D eigenvalue weighted by atomic mass is 9.82. The van der Waals surface area contributed by atoms with E-state index in [1.807, 2.05) is 0 Å². The van der Waals surface area contributed by atoms with Crippen LogP contribution in [0, 0.1) is 0 Å². The number of imidazole rings is 1. The summed E-state index contributed by atoms with van der Waals surface area (Å²) in [7, 11) is 0. The maximum atomic E-state index is 5.07. The van der Waals surface area contributed by atoms with Crippen LogP contribution >= 0.6 is 0 Å². The van der Waals surface area contributed by atoms with Gasteiger partial charge in [-0.1, -0.05) is 177 Å². The van der Waals surface area contributed by atoms with E-state index in [4.69, 9.17) is 4.98 Å². The van der Waals surface area contributed by atoms with Gasteiger partial charge in [0.15, 0.2) is 0 Å². The molecule has 0 unspecified atom stereocenters. The number of benzene rings is 10. The van der Waals surface area contributed by atoms with Crippen molar-refractivity contribution in [1.29, 1.82) is 0 Å². The van der Waals surface area contributed by atoms with Crippen LogP contribution in [0.5, 0.6) is 0 Å². The molecule has 11 aromatic rings. The Morgan fingerprint density at radius 3 is 1.51 bits per heavy atom. The largest absolute Gasteiger partial charge is 0.296 e. The fraction of sp³-hybridized carbons (Fsp3) is 0.0351. The Bertz CT molecular complexity index is 3290. The van der Waals surface area contributed by atoms with E-state index in [1.54, 1.807) is 0 Å². The molecule has 0 atom stereocenters. The molecule has 10 aromatic carbocycles. The molecule has 0 aliphatic rings. The maximum absolute atomic E-state index is 5.07. The van der Waals surface area contributed by atoms with Gasteiger partial charge in [-0.25, -0.2) is 4.98 Å². The Labute approximate surface area is 344 Å². The fourth-order valence-corrected chi connectivity index (χ4v) is 9.23. The summed E-state index contributed by atoms with van der Waals surface area (Å²) < 4.78 is 2.36. The van der Waals surface area contributed by atoms with Crippen LogP contribution < -0.4 is 0 Å². The van der Waals surface area contributed by atoms with E-state index >= 15 is 0 Å². The number of aryl methyl sites for hydroxylation is 1. The second-order valence-electron chi connectivity index (χ2n) is 15.3. The molecule has 0 aliphatic carbocycles. The van der Waals surface area contributed by atoms with Gasteiger partial charge in [0.25, 0.3) is 0 Å². The van der Waals surface area contributed by atoms with E-state index in [-0.39, 0.29) is 0 Å². The minimum atomic E-state index is 0.835. The number of hydrogen-bond acceptors (Lipinski definition) is 1. The van der Waals surface area contributed by atoms with Gasteiger partial charge in [0.1, 0.15) is 5.82 Å². The molecule has 278 valence electrons. The molecular weight excluding hydrogens is 713 g/mol. The second-order valence-corrected chi connectivity index (χ2v) is 15.3. The third kappa shape index (κ3) is 5.92. The summed E-state index contributed by atoms with van der Waals surface area (Å²) in [6.45, 7) is 2.19. The number of hydrogen-bond donors (Lipinski definition) is 0. The first-order valence-electron chi connectivity index (χ1n) is 20.5. The van der Waals surface area contributed by atoms with E-state index in [0.29, 0.717) is 0 Å². The topological polar surface area (TPSA) is 17.8 Å². The van der Waals surface area contributed by atoms with Gasteiger partial charge in [-0.3, -0.25) is 4.57 Å². The Balaban J connectivity index is 1.24. The molecule has 0 spiro atoms. The van der Waals surface area contributed by atoms with Crippen molar-refractivity contribution in [3.63, 3.8) is 0 Å². The summed E-state index contributed by atoms with van der Waals surface area (Å²) >= 11 is 0. The molecule has 0 aliphatic heterocycles. The average molecular weight is 753 g/mol. The fourth-order valence-electron chi connectivity index (χ4n) is 9.23. The highest BCUT2D eigenvalue weighted by Crippen LogP contribution is 2.48. The predicted molar refractivity (Wildman–Crippen MR) is 250 cm³/mol. The van der Waals surface area contributed by atoms with Gasteiger partial charge in [0.2, 0.25) is 0 Å². The minimum Gasteiger partial charge on any atom is -0.296 e. The summed E-state index contributed by atoms with van der Waals surface area (Å²) in [6, 6.07) is 77.6. The van der Waals surface area contributed by atoms with Crippen molar-refractivity contribution in [1.82, 2.24) is 9.55 Å². The smallest absolute Gasteiger partial charge is 0.114 e. The summed E-state index contributed by atoms with van der Waals surface area (Å²) in [5, 5.41) is 7.33.